The van der Waals surface area contributed by atoms with E-state index in [1.54, 1.807) is 0 Å². The first-order valence-corrected chi connectivity index (χ1v) is 10.8. The maximum absolute atomic E-state index is 13.6. The van der Waals surface area contributed by atoms with Crippen molar-refractivity contribution >= 4 is 11.9 Å². The summed E-state index contributed by atoms with van der Waals surface area (Å²) in [5.74, 6) is -0.127. The van der Waals surface area contributed by atoms with Gasteiger partial charge in [0, 0.05) is 39.0 Å². The Morgan fingerprint density at radius 3 is 1.80 bits per heavy atom. The molecule has 0 aliphatic carbocycles. The molecule has 0 spiro atoms. The molecule has 2 aromatic rings. The molecular formula is C24H30N4O2. The zero-order valence-electron chi connectivity index (χ0n) is 17.6. The quantitative estimate of drug-likeness (QED) is 0.718. The van der Waals surface area contributed by atoms with Crippen molar-refractivity contribution in [2.24, 2.45) is 0 Å². The topological polar surface area (TPSA) is 55.9 Å². The second-order valence-electron chi connectivity index (χ2n) is 8.26. The summed E-state index contributed by atoms with van der Waals surface area (Å²) in [5, 5.41) is 3.07. The molecule has 158 valence electrons. The van der Waals surface area contributed by atoms with Crippen molar-refractivity contribution in [2.75, 3.05) is 39.4 Å². The van der Waals surface area contributed by atoms with E-state index in [9.17, 15) is 9.59 Å². The fourth-order valence-electron chi connectivity index (χ4n) is 4.44. The second-order valence-corrected chi connectivity index (χ2v) is 8.26. The molecule has 0 atom stereocenters. The summed E-state index contributed by atoms with van der Waals surface area (Å²) in [5.41, 5.74) is 1.13. The van der Waals surface area contributed by atoms with Crippen LogP contribution in [0.25, 0.3) is 0 Å². The zero-order valence-corrected chi connectivity index (χ0v) is 17.6. The highest BCUT2D eigenvalue weighted by Gasteiger charge is 2.51. The lowest BCUT2D eigenvalue weighted by Crippen LogP contribution is -2.53. The number of hydrogen-bond acceptors (Lipinski definition) is 4. The van der Waals surface area contributed by atoms with Crippen LogP contribution in [0.1, 0.15) is 18.1 Å². The lowest BCUT2D eigenvalue weighted by molar-refractivity contribution is -0.133. The van der Waals surface area contributed by atoms with E-state index in [2.05, 4.69) is 22.0 Å². The number of piperazine rings is 1. The second kappa shape index (κ2) is 8.98. The minimum atomic E-state index is -0.953. The van der Waals surface area contributed by atoms with Crippen molar-refractivity contribution in [2.45, 2.75) is 25.3 Å². The molecule has 0 radical (unpaired) electrons. The van der Waals surface area contributed by atoms with Gasteiger partial charge in [-0.25, -0.2) is 9.69 Å². The van der Waals surface area contributed by atoms with Gasteiger partial charge in [-0.2, -0.15) is 0 Å². The predicted molar refractivity (Wildman–Crippen MR) is 117 cm³/mol. The van der Waals surface area contributed by atoms with Gasteiger partial charge in [0.2, 0.25) is 0 Å². The van der Waals surface area contributed by atoms with Crippen molar-refractivity contribution in [3.63, 3.8) is 0 Å². The standard InChI is InChI=1S/C24H30N4O2/c1-2-26-13-15-27(16-14-26)19-28-22(29)24(25-23(28)30,17-20-9-5-3-6-10-20)18-21-11-7-4-8-12-21/h3-12H,2,13-19H2,1H3,(H,25,30). The number of imide groups is 1. The molecule has 2 aliphatic heterocycles. The molecule has 30 heavy (non-hydrogen) atoms. The molecule has 0 aromatic heterocycles. The summed E-state index contributed by atoms with van der Waals surface area (Å²) in [6, 6.07) is 19.6. The number of nitrogens with zero attached hydrogens (tertiary/aromatic N) is 3. The van der Waals surface area contributed by atoms with Crippen LogP contribution in [0, 0.1) is 0 Å². The van der Waals surface area contributed by atoms with E-state index in [0.717, 1.165) is 43.9 Å². The van der Waals surface area contributed by atoms with Gasteiger partial charge in [0.25, 0.3) is 5.91 Å². The van der Waals surface area contributed by atoms with Gasteiger partial charge in [-0.05, 0) is 17.7 Å². The number of amides is 3. The molecular weight excluding hydrogens is 376 g/mol. The third-order valence-corrected chi connectivity index (χ3v) is 6.20. The Morgan fingerprint density at radius 2 is 1.30 bits per heavy atom. The monoisotopic (exact) mass is 406 g/mol. The number of benzene rings is 2. The third kappa shape index (κ3) is 4.40. The van der Waals surface area contributed by atoms with Crippen LogP contribution in [0.5, 0.6) is 0 Å². The van der Waals surface area contributed by atoms with Gasteiger partial charge >= 0.3 is 6.03 Å². The fourth-order valence-corrected chi connectivity index (χ4v) is 4.44. The maximum Gasteiger partial charge on any atom is 0.326 e. The Labute approximate surface area is 178 Å². The van der Waals surface area contributed by atoms with E-state index in [4.69, 9.17) is 0 Å². The molecule has 2 heterocycles. The van der Waals surface area contributed by atoms with E-state index in [1.165, 1.54) is 4.90 Å². The predicted octanol–water partition coefficient (Wildman–Crippen LogP) is 2.36. The molecule has 3 amide bonds. The van der Waals surface area contributed by atoms with E-state index in [0.29, 0.717) is 19.5 Å². The van der Waals surface area contributed by atoms with Gasteiger partial charge in [0.1, 0.15) is 5.54 Å². The molecule has 6 nitrogen and oxygen atoms in total. The van der Waals surface area contributed by atoms with Crippen molar-refractivity contribution in [1.82, 2.24) is 20.0 Å². The molecule has 4 rings (SSSR count). The van der Waals surface area contributed by atoms with Gasteiger partial charge in [0.15, 0.2) is 0 Å². The average Bonchev–Trinajstić information content (AvgIpc) is 2.99. The number of hydrogen-bond donors (Lipinski definition) is 1. The molecule has 2 aromatic carbocycles. The normalized spacial score (nSPS) is 19.8. The number of likely N-dealkylation sites (N-methyl/N-ethyl adjacent to an activating group) is 1. The molecule has 2 fully saturated rings. The fraction of sp³-hybridized carbons (Fsp3) is 0.417. The van der Waals surface area contributed by atoms with Gasteiger partial charge in [-0.3, -0.25) is 9.69 Å². The molecule has 0 bridgehead atoms. The lowest BCUT2D eigenvalue weighted by atomic mass is 9.84. The summed E-state index contributed by atoms with van der Waals surface area (Å²) in [6.07, 6.45) is 0.959. The smallest absolute Gasteiger partial charge is 0.322 e. The van der Waals surface area contributed by atoms with Gasteiger partial charge < -0.3 is 10.2 Å². The van der Waals surface area contributed by atoms with Gasteiger partial charge in [-0.1, -0.05) is 67.6 Å². The summed E-state index contributed by atoms with van der Waals surface area (Å²) >= 11 is 0. The van der Waals surface area contributed by atoms with Crippen LogP contribution in [0.4, 0.5) is 4.79 Å². The molecule has 2 saturated heterocycles. The van der Waals surface area contributed by atoms with Crippen LogP contribution in [0.15, 0.2) is 60.7 Å². The van der Waals surface area contributed by atoms with E-state index >= 15 is 0 Å². The minimum Gasteiger partial charge on any atom is -0.322 e. The van der Waals surface area contributed by atoms with Crippen LogP contribution in [0.2, 0.25) is 0 Å². The van der Waals surface area contributed by atoms with Gasteiger partial charge in [-0.15, -0.1) is 0 Å². The summed E-state index contributed by atoms with van der Waals surface area (Å²) in [4.78, 5) is 32.6. The zero-order chi connectivity index (χ0) is 21.0. The third-order valence-electron chi connectivity index (χ3n) is 6.20. The summed E-state index contributed by atoms with van der Waals surface area (Å²) in [7, 11) is 0. The Hall–Kier alpha value is -2.70. The van der Waals surface area contributed by atoms with Crippen LogP contribution >= 0.6 is 0 Å². The first kappa shape index (κ1) is 20.6. The van der Waals surface area contributed by atoms with Crippen molar-refractivity contribution in [3.8, 4) is 0 Å². The van der Waals surface area contributed by atoms with Crippen molar-refractivity contribution < 1.29 is 9.59 Å². The number of rotatable bonds is 7. The van der Waals surface area contributed by atoms with E-state index in [1.807, 2.05) is 60.7 Å². The summed E-state index contributed by atoms with van der Waals surface area (Å²) < 4.78 is 0. The van der Waals surface area contributed by atoms with Crippen molar-refractivity contribution in [1.29, 1.82) is 0 Å². The maximum atomic E-state index is 13.6. The SMILES string of the molecule is CCN1CCN(CN2C(=O)NC(Cc3ccccc3)(Cc3ccccc3)C2=O)CC1. The number of carbonyl (C=O) groups is 2. The molecule has 0 unspecified atom stereocenters. The van der Waals surface area contributed by atoms with Crippen LogP contribution in [-0.2, 0) is 17.6 Å². The molecule has 1 N–H and O–H groups in total. The first-order valence-electron chi connectivity index (χ1n) is 10.8. The Balaban J connectivity index is 1.55. The highest BCUT2D eigenvalue weighted by atomic mass is 16.2. The minimum absolute atomic E-state index is 0.127. The first-order chi connectivity index (χ1) is 14.6. The van der Waals surface area contributed by atoms with Crippen LogP contribution < -0.4 is 5.32 Å². The highest BCUT2D eigenvalue weighted by Crippen LogP contribution is 2.27. The number of urea groups is 1. The Kier molecular flexibility index (Phi) is 6.16. The van der Waals surface area contributed by atoms with Gasteiger partial charge in [0.05, 0.1) is 6.67 Å². The highest BCUT2D eigenvalue weighted by molar-refractivity contribution is 6.07. The van der Waals surface area contributed by atoms with Crippen LogP contribution in [-0.4, -0.2) is 71.6 Å². The molecule has 2 aliphatic rings. The van der Waals surface area contributed by atoms with Crippen LogP contribution in [0.3, 0.4) is 0 Å². The van der Waals surface area contributed by atoms with E-state index < -0.39 is 5.54 Å². The van der Waals surface area contributed by atoms with E-state index in [-0.39, 0.29) is 11.9 Å². The summed E-state index contributed by atoms with van der Waals surface area (Å²) in [6.45, 7) is 7.24. The average molecular weight is 407 g/mol. The number of nitrogens with one attached hydrogen (secondary N) is 1. The molecule has 0 saturated carbocycles. The Bertz CT molecular complexity index is 822. The van der Waals surface area contributed by atoms with Crippen molar-refractivity contribution in [3.05, 3.63) is 71.8 Å². The lowest BCUT2D eigenvalue weighted by Gasteiger charge is -2.35. The Morgan fingerprint density at radius 1 is 0.800 bits per heavy atom. The largest absolute Gasteiger partial charge is 0.326 e. The molecule has 6 heteroatoms. The number of carbonyl (C=O) groups excluding carboxylic acids is 2.